The number of hydrogen-bond donors (Lipinski definition) is 1. The Morgan fingerprint density at radius 2 is 2.00 bits per heavy atom. The summed E-state index contributed by atoms with van der Waals surface area (Å²) in [5.74, 6) is 0.385. The first kappa shape index (κ1) is 21.9. The van der Waals surface area contributed by atoms with Crippen LogP contribution in [0, 0.1) is 0 Å². The number of ether oxygens (including phenoxy) is 1. The molecule has 2 aromatic heterocycles. The minimum absolute atomic E-state index is 0.219. The fourth-order valence-electron chi connectivity index (χ4n) is 3.45. The molecule has 32 heavy (non-hydrogen) atoms. The smallest absolute Gasteiger partial charge is 0.244 e. The lowest BCUT2D eigenvalue weighted by atomic mass is 9.99. The minimum Gasteiger partial charge on any atom is -0.496 e. The predicted molar refractivity (Wildman–Crippen MR) is 128 cm³/mol. The maximum atomic E-state index is 12.5. The maximum absolute atomic E-state index is 12.5. The number of allylic oxidation sites excluding steroid dienone is 1. The fourth-order valence-corrected chi connectivity index (χ4v) is 3.96. The lowest BCUT2D eigenvalue weighted by Gasteiger charge is -2.10. The summed E-state index contributed by atoms with van der Waals surface area (Å²) in [4.78, 5) is 16.7. The zero-order chi connectivity index (χ0) is 22.7. The highest BCUT2D eigenvalue weighted by Crippen LogP contribution is 2.40. The van der Waals surface area contributed by atoms with E-state index in [4.69, 9.17) is 32.4 Å². The van der Waals surface area contributed by atoms with Crippen LogP contribution in [0.4, 0.5) is 0 Å². The number of carbonyl (C=O) groups excluding carboxylic acids is 1. The number of benzene rings is 2. The van der Waals surface area contributed by atoms with Gasteiger partial charge in [-0.2, -0.15) is 0 Å². The second-order valence-corrected chi connectivity index (χ2v) is 8.03. The zero-order valence-electron chi connectivity index (χ0n) is 17.5. The summed E-state index contributed by atoms with van der Waals surface area (Å²) in [5.41, 5.74) is 4.60. The van der Waals surface area contributed by atoms with Crippen LogP contribution in [0.25, 0.3) is 27.7 Å². The van der Waals surface area contributed by atoms with Crippen molar-refractivity contribution in [2.75, 3.05) is 7.11 Å². The summed E-state index contributed by atoms with van der Waals surface area (Å²) in [5, 5.41) is 4.79. The Hall–Kier alpha value is -3.28. The number of nitrogens with one attached hydrogen (secondary N) is 1. The lowest BCUT2D eigenvalue weighted by molar-refractivity contribution is -0.116. The van der Waals surface area contributed by atoms with Crippen molar-refractivity contribution in [3.63, 3.8) is 0 Å². The third kappa shape index (κ3) is 4.64. The molecular weight excluding hydrogens is 447 g/mol. The van der Waals surface area contributed by atoms with Crippen molar-refractivity contribution < 1.29 is 13.9 Å². The van der Waals surface area contributed by atoms with Gasteiger partial charge in [-0.15, -0.1) is 0 Å². The molecule has 0 fully saturated rings. The first-order valence-corrected chi connectivity index (χ1v) is 10.6. The van der Waals surface area contributed by atoms with Crippen LogP contribution in [0.2, 0.25) is 10.0 Å². The molecule has 0 atom stereocenters. The SMILES string of the molecule is COc1cc2occ(-c3ccc(Cl)cc3Cl)c2cc1/C(C)=C/C(=O)NCc1ccccn1. The number of fused-ring (bicyclic) bond motifs is 1. The van der Waals surface area contributed by atoms with Crippen LogP contribution in [0.1, 0.15) is 18.2 Å². The van der Waals surface area contributed by atoms with Gasteiger partial charge in [0.15, 0.2) is 0 Å². The average Bonchev–Trinajstić information content (AvgIpc) is 3.20. The number of aromatic nitrogens is 1. The number of halogens is 2. The van der Waals surface area contributed by atoms with Gasteiger partial charge >= 0.3 is 0 Å². The average molecular weight is 467 g/mol. The molecule has 0 aliphatic carbocycles. The third-order valence-corrected chi connectivity index (χ3v) is 5.61. The predicted octanol–water partition coefficient (Wildman–Crippen LogP) is 6.53. The molecule has 0 spiro atoms. The van der Waals surface area contributed by atoms with Crippen molar-refractivity contribution in [3.8, 4) is 16.9 Å². The van der Waals surface area contributed by atoms with Gasteiger partial charge in [0.05, 0.1) is 30.6 Å². The van der Waals surface area contributed by atoms with E-state index in [1.54, 1.807) is 43.8 Å². The first-order chi connectivity index (χ1) is 15.5. The van der Waals surface area contributed by atoms with E-state index >= 15 is 0 Å². The summed E-state index contributed by atoms with van der Waals surface area (Å²) in [7, 11) is 1.58. The van der Waals surface area contributed by atoms with E-state index in [0.29, 0.717) is 27.9 Å². The molecule has 0 saturated carbocycles. The molecule has 0 bridgehead atoms. The molecular formula is C25H20Cl2N2O3. The normalized spacial score (nSPS) is 11.6. The van der Waals surface area contributed by atoms with Gasteiger partial charge in [0.25, 0.3) is 0 Å². The van der Waals surface area contributed by atoms with E-state index in [1.165, 1.54) is 0 Å². The van der Waals surface area contributed by atoms with Gasteiger partial charge in [-0.05, 0) is 42.8 Å². The Morgan fingerprint density at radius 3 is 2.72 bits per heavy atom. The Bertz CT molecular complexity index is 1310. The first-order valence-electron chi connectivity index (χ1n) is 9.87. The Labute approximate surface area is 195 Å². The molecule has 1 amide bonds. The molecule has 1 N–H and O–H groups in total. The van der Waals surface area contributed by atoms with Crippen molar-refractivity contribution in [3.05, 3.63) is 88.4 Å². The number of rotatable bonds is 6. The number of amides is 1. The van der Waals surface area contributed by atoms with Crippen molar-refractivity contribution in [2.45, 2.75) is 13.5 Å². The quantitative estimate of drug-likeness (QED) is 0.328. The summed E-state index contributed by atoms with van der Waals surface area (Å²) >= 11 is 12.5. The van der Waals surface area contributed by atoms with E-state index in [2.05, 4.69) is 10.3 Å². The fraction of sp³-hybridized carbons (Fsp3) is 0.120. The number of nitrogens with zero attached hydrogens (tertiary/aromatic N) is 1. The Kier molecular flexibility index (Phi) is 6.49. The second-order valence-electron chi connectivity index (χ2n) is 7.19. The molecule has 7 heteroatoms. The Balaban J connectivity index is 1.67. The van der Waals surface area contributed by atoms with Gasteiger partial charge in [0, 0.05) is 45.4 Å². The van der Waals surface area contributed by atoms with E-state index in [9.17, 15) is 4.79 Å². The van der Waals surface area contributed by atoms with E-state index in [-0.39, 0.29) is 5.91 Å². The second kappa shape index (κ2) is 9.47. The molecule has 0 aliphatic heterocycles. The van der Waals surface area contributed by atoms with Gasteiger partial charge in [0.1, 0.15) is 11.3 Å². The van der Waals surface area contributed by atoms with Crippen LogP contribution in [0.15, 0.2) is 71.5 Å². The van der Waals surface area contributed by atoms with Crippen molar-refractivity contribution >= 4 is 45.7 Å². The molecule has 0 unspecified atom stereocenters. The molecule has 4 rings (SSSR count). The minimum atomic E-state index is -0.219. The number of carbonyl (C=O) groups is 1. The molecule has 4 aromatic rings. The lowest BCUT2D eigenvalue weighted by Crippen LogP contribution is -2.21. The molecule has 0 radical (unpaired) electrons. The van der Waals surface area contributed by atoms with E-state index < -0.39 is 0 Å². The number of hydrogen-bond acceptors (Lipinski definition) is 4. The van der Waals surface area contributed by atoms with Crippen molar-refractivity contribution in [1.82, 2.24) is 10.3 Å². The molecule has 2 heterocycles. The van der Waals surface area contributed by atoms with Gasteiger partial charge in [-0.1, -0.05) is 35.3 Å². The molecule has 0 saturated heterocycles. The largest absolute Gasteiger partial charge is 0.496 e. The standard InChI is InChI=1S/C25H20Cl2N2O3/c1-15(9-25(30)29-13-17-5-3-4-8-28-17)19-11-20-21(14-32-24(20)12-23(19)31-2)18-7-6-16(26)10-22(18)27/h3-12,14H,13H2,1-2H3,(H,29,30)/b15-9+. The molecule has 162 valence electrons. The van der Waals surface area contributed by atoms with E-state index in [0.717, 1.165) is 33.3 Å². The van der Waals surface area contributed by atoms with Crippen LogP contribution in [-0.2, 0) is 11.3 Å². The van der Waals surface area contributed by atoms with Crippen LogP contribution >= 0.6 is 23.2 Å². The number of methoxy groups -OCH3 is 1. The maximum Gasteiger partial charge on any atom is 0.244 e. The van der Waals surface area contributed by atoms with E-state index in [1.807, 2.05) is 37.3 Å². The molecule has 2 aromatic carbocycles. The van der Waals surface area contributed by atoms with Crippen molar-refractivity contribution in [1.29, 1.82) is 0 Å². The number of furan rings is 1. The van der Waals surface area contributed by atoms with Crippen LogP contribution in [0.5, 0.6) is 5.75 Å². The molecule has 5 nitrogen and oxygen atoms in total. The zero-order valence-corrected chi connectivity index (χ0v) is 19.0. The van der Waals surface area contributed by atoms with Gasteiger partial charge < -0.3 is 14.5 Å². The highest BCUT2D eigenvalue weighted by atomic mass is 35.5. The molecule has 0 aliphatic rings. The summed E-state index contributed by atoms with van der Waals surface area (Å²) < 4.78 is 11.3. The van der Waals surface area contributed by atoms with Gasteiger partial charge in [0.2, 0.25) is 5.91 Å². The van der Waals surface area contributed by atoms with Gasteiger partial charge in [-0.3, -0.25) is 9.78 Å². The van der Waals surface area contributed by atoms with Crippen LogP contribution in [0.3, 0.4) is 0 Å². The van der Waals surface area contributed by atoms with Crippen LogP contribution < -0.4 is 10.1 Å². The summed E-state index contributed by atoms with van der Waals surface area (Å²) in [6, 6.07) is 14.6. The van der Waals surface area contributed by atoms with Crippen molar-refractivity contribution in [2.24, 2.45) is 0 Å². The van der Waals surface area contributed by atoms with Gasteiger partial charge in [-0.25, -0.2) is 0 Å². The highest BCUT2D eigenvalue weighted by molar-refractivity contribution is 6.36. The Morgan fingerprint density at radius 1 is 1.16 bits per heavy atom. The summed E-state index contributed by atoms with van der Waals surface area (Å²) in [6.07, 6.45) is 4.89. The monoisotopic (exact) mass is 466 g/mol. The third-order valence-electron chi connectivity index (χ3n) is 5.06. The summed E-state index contributed by atoms with van der Waals surface area (Å²) in [6.45, 7) is 2.21. The van der Waals surface area contributed by atoms with Crippen LogP contribution in [-0.4, -0.2) is 18.0 Å². The topological polar surface area (TPSA) is 64.4 Å². The number of pyridine rings is 1. The highest BCUT2D eigenvalue weighted by Gasteiger charge is 2.16.